The number of pyridine rings is 1. The highest BCUT2D eigenvalue weighted by Gasteiger charge is 2.30. The first-order chi connectivity index (χ1) is 15.5. The zero-order chi connectivity index (χ0) is 21.9. The minimum atomic E-state index is -4.36. The Hall–Kier alpha value is -3.92. The van der Waals surface area contributed by atoms with Crippen LogP contribution in [-0.2, 0) is 6.18 Å². The molecule has 0 atom stereocenters. The summed E-state index contributed by atoms with van der Waals surface area (Å²) in [5.74, 6) is 0. The molecule has 0 aliphatic rings. The van der Waals surface area contributed by atoms with Crippen molar-refractivity contribution >= 4 is 43.2 Å². The average molecular weight is 423 g/mol. The highest BCUT2D eigenvalue weighted by atomic mass is 19.4. The molecular weight excluding hydrogens is 407 g/mol. The van der Waals surface area contributed by atoms with E-state index in [0.717, 1.165) is 44.4 Å². The topological polar surface area (TPSA) is 12.9 Å². The van der Waals surface area contributed by atoms with Crippen LogP contribution >= 0.6 is 0 Å². The second-order valence-electron chi connectivity index (χ2n) is 7.95. The summed E-state index contributed by atoms with van der Waals surface area (Å²) in [6.07, 6.45) is -4.36. The first-order valence-electron chi connectivity index (χ1n) is 10.3. The van der Waals surface area contributed by atoms with Gasteiger partial charge in [-0.1, -0.05) is 66.7 Å². The predicted molar refractivity (Wildman–Crippen MR) is 125 cm³/mol. The van der Waals surface area contributed by atoms with Crippen molar-refractivity contribution in [3.05, 3.63) is 103 Å². The van der Waals surface area contributed by atoms with Gasteiger partial charge in [0, 0.05) is 10.9 Å². The molecule has 0 aliphatic carbocycles. The summed E-state index contributed by atoms with van der Waals surface area (Å²) in [7, 11) is 0. The van der Waals surface area contributed by atoms with Crippen molar-refractivity contribution in [3.8, 4) is 11.3 Å². The maximum absolute atomic E-state index is 13.1. The van der Waals surface area contributed by atoms with Crippen molar-refractivity contribution in [2.75, 3.05) is 0 Å². The molecule has 0 bridgehead atoms. The highest BCUT2D eigenvalue weighted by molar-refractivity contribution is 6.14. The average Bonchev–Trinajstić information content (AvgIpc) is 2.82. The zero-order valence-electron chi connectivity index (χ0n) is 16.8. The number of benzene rings is 5. The maximum Gasteiger partial charge on any atom is 0.416 e. The molecule has 0 fully saturated rings. The van der Waals surface area contributed by atoms with Gasteiger partial charge in [-0.2, -0.15) is 13.2 Å². The van der Waals surface area contributed by atoms with Crippen LogP contribution in [0.5, 0.6) is 0 Å². The van der Waals surface area contributed by atoms with E-state index in [9.17, 15) is 13.2 Å². The van der Waals surface area contributed by atoms with Gasteiger partial charge in [0.05, 0.1) is 16.8 Å². The van der Waals surface area contributed by atoms with Crippen LogP contribution in [-0.4, -0.2) is 4.98 Å². The second-order valence-corrected chi connectivity index (χ2v) is 7.95. The molecule has 6 aromatic rings. The number of nitrogens with zero attached hydrogens (tertiary/aromatic N) is 1. The van der Waals surface area contributed by atoms with E-state index in [0.29, 0.717) is 5.39 Å². The standard InChI is InChI=1S/C28H16F3N/c29-28(30,31)19-10-11-21-18(15-19)9-13-26-24(21)12-14-27(32-26)25-16-17-5-1-2-6-20(17)22-7-3-4-8-23(22)25/h1-16H. The quantitative estimate of drug-likeness (QED) is 0.242. The van der Waals surface area contributed by atoms with Gasteiger partial charge >= 0.3 is 6.18 Å². The van der Waals surface area contributed by atoms with Crippen LogP contribution in [0, 0.1) is 0 Å². The summed E-state index contributed by atoms with van der Waals surface area (Å²) in [5, 5.41) is 6.77. The number of aromatic nitrogens is 1. The van der Waals surface area contributed by atoms with Gasteiger partial charge in [-0.3, -0.25) is 0 Å². The Bertz CT molecular complexity index is 1670. The molecule has 6 rings (SSSR count). The largest absolute Gasteiger partial charge is 0.416 e. The summed E-state index contributed by atoms with van der Waals surface area (Å²) in [4.78, 5) is 4.90. The third-order valence-corrected chi connectivity index (χ3v) is 6.06. The Balaban J connectivity index is 1.59. The monoisotopic (exact) mass is 423 g/mol. The third-order valence-electron chi connectivity index (χ3n) is 6.06. The molecule has 1 heterocycles. The van der Waals surface area contributed by atoms with Gasteiger partial charge in [-0.05, 0) is 62.6 Å². The molecule has 0 amide bonds. The molecule has 0 N–H and O–H groups in total. The number of fused-ring (bicyclic) bond motifs is 6. The fourth-order valence-electron chi connectivity index (χ4n) is 4.54. The SMILES string of the molecule is FC(F)(F)c1ccc2c(ccc3nc(-c4cc5ccccc5c5ccccc45)ccc32)c1. The summed E-state index contributed by atoms with van der Waals surface area (Å²) in [5.41, 5.74) is 1.99. The van der Waals surface area contributed by atoms with Crippen LogP contribution in [0.3, 0.4) is 0 Å². The first-order valence-corrected chi connectivity index (χ1v) is 10.3. The van der Waals surface area contributed by atoms with Gasteiger partial charge in [0.15, 0.2) is 0 Å². The zero-order valence-corrected chi connectivity index (χ0v) is 16.8. The molecule has 1 aromatic heterocycles. The minimum Gasteiger partial charge on any atom is -0.248 e. The molecular formula is C28H16F3N. The van der Waals surface area contributed by atoms with Crippen molar-refractivity contribution in [2.45, 2.75) is 6.18 Å². The first kappa shape index (κ1) is 18.8. The van der Waals surface area contributed by atoms with Crippen molar-refractivity contribution in [3.63, 3.8) is 0 Å². The smallest absolute Gasteiger partial charge is 0.248 e. The van der Waals surface area contributed by atoms with Crippen molar-refractivity contribution < 1.29 is 13.2 Å². The predicted octanol–water partition coefficient (Wildman–Crippen LogP) is 8.38. The number of hydrogen-bond acceptors (Lipinski definition) is 1. The van der Waals surface area contributed by atoms with Gasteiger partial charge in [-0.25, -0.2) is 4.98 Å². The molecule has 0 saturated carbocycles. The normalized spacial score (nSPS) is 12.2. The lowest BCUT2D eigenvalue weighted by molar-refractivity contribution is -0.137. The third kappa shape index (κ3) is 2.91. The van der Waals surface area contributed by atoms with Crippen LogP contribution in [0.15, 0.2) is 97.1 Å². The number of hydrogen-bond donors (Lipinski definition) is 0. The van der Waals surface area contributed by atoms with Gasteiger partial charge < -0.3 is 0 Å². The van der Waals surface area contributed by atoms with E-state index < -0.39 is 11.7 Å². The highest BCUT2D eigenvalue weighted by Crippen LogP contribution is 2.37. The summed E-state index contributed by atoms with van der Waals surface area (Å²) in [6, 6.07) is 30.0. The lowest BCUT2D eigenvalue weighted by Gasteiger charge is -2.12. The van der Waals surface area contributed by atoms with E-state index >= 15 is 0 Å². The van der Waals surface area contributed by atoms with Crippen molar-refractivity contribution in [2.24, 2.45) is 0 Å². The van der Waals surface area contributed by atoms with Crippen LogP contribution in [0.2, 0.25) is 0 Å². The lowest BCUT2D eigenvalue weighted by atomic mass is 9.95. The summed E-state index contributed by atoms with van der Waals surface area (Å²) in [6.45, 7) is 0. The molecule has 32 heavy (non-hydrogen) atoms. The molecule has 0 radical (unpaired) electrons. The fraction of sp³-hybridized carbons (Fsp3) is 0.0357. The molecule has 5 aromatic carbocycles. The molecule has 0 spiro atoms. The molecule has 1 nitrogen and oxygen atoms in total. The van der Waals surface area contributed by atoms with Crippen molar-refractivity contribution in [1.82, 2.24) is 4.98 Å². The Morgan fingerprint density at radius 1 is 0.531 bits per heavy atom. The molecule has 0 unspecified atom stereocenters. The Kier molecular flexibility index (Phi) is 3.99. The van der Waals surface area contributed by atoms with Crippen molar-refractivity contribution in [1.29, 1.82) is 0 Å². The van der Waals surface area contributed by atoms with Crippen LogP contribution < -0.4 is 0 Å². The van der Waals surface area contributed by atoms with E-state index in [1.807, 2.05) is 36.4 Å². The van der Waals surface area contributed by atoms with Gasteiger partial charge in [0.2, 0.25) is 0 Å². The second kappa shape index (κ2) is 6.79. The lowest BCUT2D eigenvalue weighted by Crippen LogP contribution is -2.04. The Morgan fingerprint density at radius 2 is 1.19 bits per heavy atom. The van der Waals surface area contributed by atoms with Gasteiger partial charge in [0.25, 0.3) is 0 Å². The summed E-state index contributed by atoms with van der Waals surface area (Å²) >= 11 is 0. The molecule has 0 saturated heterocycles. The van der Waals surface area contributed by atoms with E-state index in [-0.39, 0.29) is 0 Å². The van der Waals surface area contributed by atoms with Gasteiger partial charge in [0.1, 0.15) is 0 Å². The number of rotatable bonds is 1. The molecule has 4 heteroatoms. The number of alkyl halides is 3. The summed E-state index contributed by atoms with van der Waals surface area (Å²) < 4.78 is 39.3. The Morgan fingerprint density at radius 3 is 2.00 bits per heavy atom. The van der Waals surface area contributed by atoms with Gasteiger partial charge in [-0.15, -0.1) is 0 Å². The van der Waals surface area contributed by atoms with E-state index in [1.54, 1.807) is 12.1 Å². The van der Waals surface area contributed by atoms with E-state index in [1.165, 1.54) is 22.9 Å². The fourth-order valence-corrected chi connectivity index (χ4v) is 4.54. The minimum absolute atomic E-state index is 0.554. The van der Waals surface area contributed by atoms with Crippen LogP contribution in [0.4, 0.5) is 13.2 Å². The molecule has 0 aliphatic heterocycles. The Labute approximate surface area is 181 Å². The van der Waals surface area contributed by atoms with Crippen LogP contribution in [0.25, 0.3) is 54.5 Å². The van der Waals surface area contributed by atoms with E-state index in [2.05, 4.69) is 30.3 Å². The van der Waals surface area contributed by atoms with Crippen LogP contribution in [0.1, 0.15) is 5.56 Å². The molecule has 154 valence electrons. The number of halogens is 3. The maximum atomic E-state index is 13.1. The van der Waals surface area contributed by atoms with E-state index in [4.69, 9.17) is 4.98 Å².